The first-order valence-corrected chi connectivity index (χ1v) is 4.84. The first-order chi connectivity index (χ1) is 4.87. The van der Waals surface area contributed by atoms with Crippen LogP contribution in [0.1, 0.15) is 6.42 Å². The summed E-state index contributed by atoms with van der Waals surface area (Å²) in [7, 11) is 0. The van der Waals surface area contributed by atoms with Gasteiger partial charge in [0.25, 0.3) is 0 Å². The number of hydrogen-bond donors (Lipinski definition) is 1. The Kier molecular flexibility index (Phi) is 5.18. The maximum Gasteiger partial charge on any atom is 0.164 e. The van der Waals surface area contributed by atoms with Crippen molar-refractivity contribution in [2.24, 2.45) is 0 Å². The minimum Gasteiger partial charge on any atom is -0.396 e. The van der Waals surface area contributed by atoms with Crippen LogP contribution >= 0.6 is 58.0 Å². The van der Waals surface area contributed by atoms with Gasteiger partial charge in [-0.3, -0.25) is 0 Å². The van der Waals surface area contributed by atoms with Crippen molar-refractivity contribution < 1.29 is 5.11 Å². The van der Waals surface area contributed by atoms with Crippen LogP contribution in [0, 0.1) is 0 Å². The Morgan fingerprint density at radius 2 is 1.45 bits per heavy atom. The molecule has 0 aliphatic heterocycles. The Labute approximate surface area is 90.5 Å². The lowest BCUT2D eigenvalue weighted by atomic mass is 10.2. The second-order valence-corrected chi connectivity index (χ2v) is 5.25. The van der Waals surface area contributed by atoms with Gasteiger partial charge in [0, 0.05) is 13.0 Å². The fourth-order valence-electron chi connectivity index (χ4n) is 0.421. The third-order valence-electron chi connectivity index (χ3n) is 1.13. The zero-order chi connectivity index (χ0) is 9.12. The van der Waals surface area contributed by atoms with Crippen molar-refractivity contribution in [1.29, 1.82) is 0 Å². The highest BCUT2D eigenvalue weighted by atomic mass is 35.5. The maximum absolute atomic E-state index is 8.53. The van der Waals surface area contributed by atoms with Gasteiger partial charge in [0.15, 0.2) is 8.67 Å². The Balaban J connectivity index is 4.26. The molecule has 11 heavy (non-hydrogen) atoms. The molecule has 0 aromatic carbocycles. The second-order valence-electron chi connectivity index (χ2n) is 2.02. The average molecular weight is 260 g/mol. The quantitative estimate of drug-likeness (QED) is 0.771. The lowest BCUT2D eigenvalue weighted by Crippen LogP contribution is -2.38. The molecule has 0 fully saturated rings. The SMILES string of the molecule is OCCC(Cl)(Cl)C(Cl)(Cl)CCl. The predicted molar refractivity (Wildman–Crippen MR) is 51.3 cm³/mol. The minimum absolute atomic E-state index is 0.0792. The summed E-state index contributed by atoms with van der Waals surface area (Å²) in [6.07, 6.45) is 0.0792. The first-order valence-electron chi connectivity index (χ1n) is 2.80. The van der Waals surface area contributed by atoms with Crippen molar-refractivity contribution >= 4 is 58.0 Å². The standard InChI is InChI=1S/C5H7Cl5O/c6-3-5(9,10)4(7,8)1-2-11/h11H,1-3H2. The Hall–Kier alpha value is 1.41. The zero-order valence-corrected chi connectivity index (χ0v) is 9.24. The van der Waals surface area contributed by atoms with Crippen LogP contribution < -0.4 is 0 Å². The molecular formula is C5H7Cl5O. The molecule has 6 heteroatoms. The first kappa shape index (κ1) is 12.4. The molecule has 0 rings (SSSR count). The molecule has 0 unspecified atom stereocenters. The molecule has 0 aliphatic carbocycles. The van der Waals surface area contributed by atoms with E-state index in [2.05, 4.69) is 0 Å². The number of hydrogen-bond acceptors (Lipinski definition) is 1. The third-order valence-corrected chi connectivity index (χ3v) is 4.13. The summed E-state index contributed by atoms with van der Waals surface area (Å²) in [5.74, 6) is -0.0941. The van der Waals surface area contributed by atoms with Crippen LogP contribution in [-0.4, -0.2) is 26.3 Å². The molecule has 68 valence electrons. The molecule has 1 N–H and O–H groups in total. The summed E-state index contributed by atoms with van der Waals surface area (Å²) >= 11 is 28.1. The van der Waals surface area contributed by atoms with E-state index in [-0.39, 0.29) is 18.9 Å². The molecule has 0 saturated carbocycles. The van der Waals surface area contributed by atoms with Crippen molar-refractivity contribution in [2.75, 3.05) is 12.5 Å². The van der Waals surface area contributed by atoms with Crippen LogP contribution in [0.5, 0.6) is 0 Å². The van der Waals surface area contributed by atoms with E-state index in [1.165, 1.54) is 0 Å². The van der Waals surface area contributed by atoms with E-state index >= 15 is 0 Å². The van der Waals surface area contributed by atoms with Crippen LogP contribution in [0.4, 0.5) is 0 Å². The van der Waals surface area contributed by atoms with Gasteiger partial charge in [-0.15, -0.1) is 11.6 Å². The predicted octanol–water partition coefficient (Wildman–Crippen LogP) is 2.96. The molecule has 0 heterocycles. The lowest BCUT2D eigenvalue weighted by molar-refractivity contribution is 0.278. The molecule has 0 saturated heterocycles. The Morgan fingerprint density at radius 1 is 1.00 bits per heavy atom. The number of rotatable bonds is 4. The van der Waals surface area contributed by atoms with E-state index in [9.17, 15) is 0 Å². The average Bonchev–Trinajstić information content (AvgIpc) is 1.87. The van der Waals surface area contributed by atoms with E-state index in [4.69, 9.17) is 63.1 Å². The normalized spacial score (nSPS) is 13.6. The molecule has 1 nitrogen and oxygen atoms in total. The monoisotopic (exact) mass is 258 g/mol. The Morgan fingerprint density at radius 3 is 1.73 bits per heavy atom. The number of aliphatic hydroxyl groups is 1. The largest absolute Gasteiger partial charge is 0.396 e. The van der Waals surface area contributed by atoms with E-state index in [0.717, 1.165) is 0 Å². The van der Waals surface area contributed by atoms with Gasteiger partial charge >= 0.3 is 0 Å². The second kappa shape index (κ2) is 4.59. The summed E-state index contributed by atoms with van der Waals surface area (Å²) in [4.78, 5) is 0. The maximum atomic E-state index is 8.53. The third kappa shape index (κ3) is 3.33. The topological polar surface area (TPSA) is 20.2 Å². The molecule has 0 amide bonds. The molecule has 0 aromatic rings. The van der Waals surface area contributed by atoms with Crippen molar-refractivity contribution in [3.05, 3.63) is 0 Å². The van der Waals surface area contributed by atoms with E-state index in [1.54, 1.807) is 0 Å². The molecule has 0 radical (unpaired) electrons. The highest BCUT2D eigenvalue weighted by molar-refractivity contribution is 6.64. The molecule has 0 aromatic heterocycles. The van der Waals surface area contributed by atoms with Crippen molar-refractivity contribution in [1.82, 2.24) is 0 Å². The number of halogens is 5. The van der Waals surface area contributed by atoms with Gasteiger partial charge in [0.1, 0.15) is 0 Å². The zero-order valence-electron chi connectivity index (χ0n) is 5.46. The van der Waals surface area contributed by atoms with Crippen LogP contribution in [-0.2, 0) is 0 Å². The number of aliphatic hydroxyl groups excluding tert-OH is 1. The summed E-state index contributed by atoms with van der Waals surface area (Å²) in [5.41, 5.74) is 0. The van der Waals surface area contributed by atoms with Gasteiger partial charge in [-0.25, -0.2) is 0 Å². The van der Waals surface area contributed by atoms with Crippen LogP contribution in [0.15, 0.2) is 0 Å². The van der Waals surface area contributed by atoms with E-state index < -0.39 is 8.67 Å². The van der Waals surface area contributed by atoms with Gasteiger partial charge in [-0.05, 0) is 0 Å². The summed E-state index contributed by atoms with van der Waals surface area (Å²) < 4.78 is -2.84. The van der Waals surface area contributed by atoms with Crippen LogP contribution in [0.3, 0.4) is 0 Å². The Bertz CT molecular complexity index is 124. The van der Waals surface area contributed by atoms with Crippen molar-refractivity contribution in [2.45, 2.75) is 15.1 Å². The van der Waals surface area contributed by atoms with Gasteiger partial charge < -0.3 is 5.11 Å². The molecular weight excluding hydrogens is 253 g/mol. The van der Waals surface area contributed by atoms with Crippen LogP contribution in [0.25, 0.3) is 0 Å². The van der Waals surface area contributed by atoms with Gasteiger partial charge in [-0.1, -0.05) is 46.4 Å². The molecule has 0 aliphatic rings. The van der Waals surface area contributed by atoms with Gasteiger partial charge in [0.2, 0.25) is 0 Å². The summed E-state index contributed by atoms with van der Waals surface area (Å²) in [6, 6.07) is 0. The minimum atomic E-state index is -1.43. The van der Waals surface area contributed by atoms with E-state index in [0.29, 0.717) is 0 Å². The fourth-order valence-corrected chi connectivity index (χ4v) is 1.28. The highest BCUT2D eigenvalue weighted by Crippen LogP contribution is 2.45. The molecule has 0 atom stereocenters. The fraction of sp³-hybridized carbons (Fsp3) is 1.00. The lowest BCUT2D eigenvalue weighted by Gasteiger charge is -2.30. The van der Waals surface area contributed by atoms with E-state index in [1.807, 2.05) is 0 Å². The number of alkyl halides is 5. The molecule has 0 spiro atoms. The summed E-state index contributed by atoms with van der Waals surface area (Å²) in [5, 5.41) is 8.53. The summed E-state index contributed by atoms with van der Waals surface area (Å²) in [6.45, 7) is -0.189. The van der Waals surface area contributed by atoms with Crippen molar-refractivity contribution in [3.63, 3.8) is 0 Å². The molecule has 0 bridgehead atoms. The van der Waals surface area contributed by atoms with Gasteiger partial charge in [0.05, 0.1) is 5.88 Å². The smallest absolute Gasteiger partial charge is 0.164 e. The van der Waals surface area contributed by atoms with Crippen LogP contribution in [0.2, 0.25) is 0 Å². The highest BCUT2D eigenvalue weighted by Gasteiger charge is 2.45. The van der Waals surface area contributed by atoms with Crippen molar-refractivity contribution in [3.8, 4) is 0 Å². The van der Waals surface area contributed by atoms with Gasteiger partial charge in [-0.2, -0.15) is 0 Å².